The molecule has 152 valence electrons. The molecule has 3 rings (SSSR count). The Labute approximate surface area is 170 Å². The van der Waals surface area contributed by atoms with E-state index < -0.39 is 5.97 Å². The summed E-state index contributed by atoms with van der Waals surface area (Å²) in [5, 5.41) is 2.96. The van der Waals surface area contributed by atoms with E-state index in [4.69, 9.17) is 9.47 Å². The van der Waals surface area contributed by atoms with Crippen LogP contribution in [0.3, 0.4) is 0 Å². The van der Waals surface area contributed by atoms with Gasteiger partial charge in [-0.15, -0.1) is 0 Å². The molecule has 1 atom stereocenters. The molecule has 29 heavy (non-hydrogen) atoms. The van der Waals surface area contributed by atoms with Gasteiger partial charge in [-0.3, -0.25) is 14.4 Å². The van der Waals surface area contributed by atoms with Crippen molar-refractivity contribution in [3.8, 4) is 5.75 Å². The third-order valence-electron chi connectivity index (χ3n) is 5.09. The van der Waals surface area contributed by atoms with Crippen LogP contribution in [0.4, 0.5) is 0 Å². The summed E-state index contributed by atoms with van der Waals surface area (Å²) in [5.41, 5.74) is 3.41. The van der Waals surface area contributed by atoms with Gasteiger partial charge in [0.25, 0.3) is 5.91 Å². The first-order valence-corrected chi connectivity index (χ1v) is 9.68. The van der Waals surface area contributed by atoms with Crippen LogP contribution in [0.15, 0.2) is 42.5 Å². The van der Waals surface area contributed by atoms with Crippen molar-refractivity contribution in [3.63, 3.8) is 0 Å². The summed E-state index contributed by atoms with van der Waals surface area (Å²) in [6, 6.07) is 12.9. The van der Waals surface area contributed by atoms with E-state index in [9.17, 15) is 14.4 Å². The van der Waals surface area contributed by atoms with Crippen LogP contribution in [-0.4, -0.2) is 31.4 Å². The van der Waals surface area contributed by atoms with Crippen molar-refractivity contribution in [3.05, 3.63) is 64.7 Å². The fourth-order valence-electron chi connectivity index (χ4n) is 3.63. The number of nitrogens with one attached hydrogen (secondary N) is 1. The lowest BCUT2D eigenvalue weighted by Gasteiger charge is -2.26. The second-order valence-electron chi connectivity index (χ2n) is 7.13. The highest BCUT2D eigenvalue weighted by molar-refractivity contribution is 5.94. The fourth-order valence-corrected chi connectivity index (χ4v) is 3.63. The maximum Gasteiger partial charge on any atom is 0.310 e. The van der Waals surface area contributed by atoms with Crippen molar-refractivity contribution in [1.29, 1.82) is 0 Å². The SMILES string of the molecule is COc1ccc(C(C)=O)cc1CC(=O)OCC(=O)N[C@H]1CCCc2ccccc21. The summed E-state index contributed by atoms with van der Waals surface area (Å²) >= 11 is 0. The number of ether oxygens (including phenoxy) is 2. The summed E-state index contributed by atoms with van der Waals surface area (Å²) in [6.45, 7) is 1.11. The zero-order valence-electron chi connectivity index (χ0n) is 16.7. The van der Waals surface area contributed by atoms with Crippen LogP contribution >= 0.6 is 0 Å². The number of carbonyl (C=O) groups is 3. The molecule has 1 amide bonds. The summed E-state index contributed by atoms with van der Waals surface area (Å²) in [5.74, 6) is -0.489. The van der Waals surface area contributed by atoms with E-state index in [2.05, 4.69) is 11.4 Å². The predicted octanol–water partition coefficient (Wildman–Crippen LogP) is 3.18. The van der Waals surface area contributed by atoms with Gasteiger partial charge in [0.1, 0.15) is 5.75 Å². The molecule has 0 aliphatic heterocycles. The van der Waals surface area contributed by atoms with E-state index in [1.165, 1.54) is 19.6 Å². The van der Waals surface area contributed by atoms with Crippen molar-refractivity contribution in [2.75, 3.05) is 13.7 Å². The number of rotatable bonds is 7. The minimum Gasteiger partial charge on any atom is -0.496 e. The molecule has 0 saturated heterocycles. The predicted molar refractivity (Wildman–Crippen MR) is 108 cm³/mol. The third-order valence-corrected chi connectivity index (χ3v) is 5.09. The lowest BCUT2D eigenvalue weighted by molar-refractivity contribution is -0.148. The first-order chi connectivity index (χ1) is 14.0. The van der Waals surface area contributed by atoms with Gasteiger partial charge in [-0.1, -0.05) is 24.3 Å². The number of hydrogen-bond acceptors (Lipinski definition) is 5. The van der Waals surface area contributed by atoms with E-state index >= 15 is 0 Å². The second-order valence-corrected chi connectivity index (χ2v) is 7.13. The van der Waals surface area contributed by atoms with Gasteiger partial charge in [0.15, 0.2) is 12.4 Å². The lowest BCUT2D eigenvalue weighted by Crippen LogP contribution is -2.34. The normalized spacial score (nSPS) is 15.2. The van der Waals surface area contributed by atoms with Crippen LogP contribution < -0.4 is 10.1 Å². The van der Waals surface area contributed by atoms with Crippen molar-refractivity contribution in [2.24, 2.45) is 0 Å². The summed E-state index contributed by atoms with van der Waals surface area (Å²) in [7, 11) is 1.49. The smallest absolute Gasteiger partial charge is 0.310 e. The Bertz CT molecular complexity index is 921. The van der Waals surface area contributed by atoms with Gasteiger partial charge < -0.3 is 14.8 Å². The minimum absolute atomic E-state index is 0.0569. The van der Waals surface area contributed by atoms with Gasteiger partial charge in [0.05, 0.1) is 19.6 Å². The molecule has 2 aromatic rings. The molecule has 1 aliphatic carbocycles. The van der Waals surface area contributed by atoms with Gasteiger partial charge in [-0.05, 0) is 55.5 Å². The van der Waals surface area contributed by atoms with Crippen LogP contribution in [-0.2, 0) is 27.2 Å². The molecule has 6 nitrogen and oxygen atoms in total. The third kappa shape index (κ3) is 5.22. The molecular formula is C23H25NO5. The number of methoxy groups -OCH3 is 1. The Hall–Kier alpha value is -3.15. The highest BCUT2D eigenvalue weighted by Crippen LogP contribution is 2.29. The standard InChI is InChI=1S/C23H25NO5/c1-15(25)17-10-11-21(28-2)18(12-17)13-23(27)29-14-22(26)24-20-9-5-7-16-6-3-4-8-19(16)20/h3-4,6,8,10-12,20H,5,7,9,13-14H2,1-2H3,(H,24,26)/t20-/m0/s1. The zero-order valence-corrected chi connectivity index (χ0v) is 16.7. The summed E-state index contributed by atoms with van der Waals surface area (Å²) in [4.78, 5) is 36.1. The number of fused-ring (bicyclic) bond motifs is 1. The molecular weight excluding hydrogens is 370 g/mol. The number of Topliss-reactive ketones (excluding diaryl/α,β-unsaturated/α-hetero) is 1. The summed E-state index contributed by atoms with van der Waals surface area (Å²) in [6.07, 6.45) is 2.81. The molecule has 6 heteroatoms. The molecule has 0 unspecified atom stereocenters. The highest BCUT2D eigenvalue weighted by atomic mass is 16.5. The van der Waals surface area contributed by atoms with E-state index in [0.29, 0.717) is 16.9 Å². The van der Waals surface area contributed by atoms with Gasteiger partial charge in [0, 0.05) is 11.1 Å². The minimum atomic E-state index is -0.553. The van der Waals surface area contributed by atoms with Gasteiger partial charge in [0.2, 0.25) is 0 Å². The number of aryl methyl sites for hydroxylation is 1. The van der Waals surface area contributed by atoms with E-state index in [1.54, 1.807) is 18.2 Å². The van der Waals surface area contributed by atoms with Crippen molar-refractivity contribution in [1.82, 2.24) is 5.32 Å². The maximum absolute atomic E-state index is 12.3. The Kier molecular flexibility index (Phi) is 6.65. The van der Waals surface area contributed by atoms with E-state index in [1.807, 2.05) is 18.2 Å². The topological polar surface area (TPSA) is 81.7 Å². The zero-order chi connectivity index (χ0) is 20.8. The van der Waals surface area contributed by atoms with Gasteiger partial charge in [-0.25, -0.2) is 0 Å². The van der Waals surface area contributed by atoms with Crippen molar-refractivity contribution < 1.29 is 23.9 Å². The molecule has 0 bridgehead atoms. The number of benzene rings is 2. The van der Waals surface area contributed by atoms with Crippen LogP contribution in [0.25, 0.3) is 0 Å². The number of hydrogen-bond donors (Lipinski definition) is 1. The first kappa shape index (κ1) is 20.6. The highest BCUT2D eigenvalue weighted by Gasteiger charge is 2.22. The largest absolute Gasteiger partial charge is 0.496 e. The number of carbonyl (C=O) groups excluding carboxylic acids is 3. The molecule has 0 aromatic heterocycles. The summed E-state index contributed by atoms with van der Waals surface area (Å²) < 4.78 is 10.4. The molecule has 2 aromatic carbocycles. The molecule has 0 fully saturated rings. The van der Waals surface area contributed by atoms with Crippen LogP contribution in [0.1, 0.15) is 52.9 Å². The Balaban J connectivity index is 1.56. The average Bonchev–Trinajstić information content (AvgIpc) is 2.72. The van der Waals surface area contributed by atoms with E-state index in [0.717, 1.165) is 24.8 Å². The molecule has 0 saturated carbocycles. The molecule has 1 aliphatic rings. The number of esters is 1. The maximum atomic E-state index is 12.3. The molecule has 0 spiro atoms. The average molecular weight is 395 g/mol. The van der Waals surface area contributed by atoms with Crippen LogP contribution in [0.5, 0.6) is 5.75 Å². The Morgan fingerprint density at radius 2 is 1.93 bits per heavy atom. The van der Waals surface area contributed by atoms with Gasteiger partial charge in [-0.2, -0.15) is 0 Å². The van der Waals surface area contributed by atoms with Crippen LogP contribution in [0, 0.1) is 0 Å². The molecule has 1 N–H and O–H groups in total. The molecule has 0 radical (unpaired) electrons. The monoisotopic (exact) mass is 395 g/mol. The van der Waals surface area contributed by atoms with Crippen LogP contribution in [0.2, 0.25) is 0 Å². The quantitative estimate of drug-likeness (QED) is 0.575. The molecule has 0 heterocycles. The van der Waals surface area contributed by atoms with Crippen molar-refractivity contribution >= 4 is 17.7 Å². The fraction of sp³-hybridized carbons (Fsp3) is 0.348. The van der Waals surface area contributed by atoms with Gasteiger partial charge >= 0.3 is 5.97 Å². The number of amides is 1. The lowest BCUT2D eigenvalue weighted by atomic mass is 9.88. The second kappa shape index (κ2) is 9.37. The Morgan fingerprint density at radius 3 is 2.69 bits per heavy atom. The van der Waals surface area contributed by atoms with E-state index in [-0.39, 0.29) is 30.8 Å². The first-order valence-electron chi connectivity index (χ1n) is 9.68. The Morgan fingerprint density at radius 1 is 1.14 bits per heavy atom. The number of ketones is 1. The van der Waals surface area contributed by atoms with Crippen molar-refractivity contribution in [2.45, 2.75) is 38.6 Å².